The Kier molecular flexibility index (Phi) is 4.18. The van der Waals surface area contributed by atoms with Crippen LogP contribution in [0.1, 0.15) is 20.3 Å². The van der Waals surface area contributed by atoms with Crippen LogP contribution in [0.15, 0.2) is 0 Å². The summed E-state index contributed by atoms with van der Waals surface area (Å²) in [6.07, 6.45) is 0.251. The molecule has 0 aromatic heterocycles. The number of carbonyl (C=O) groups is 1. The highest BCUT2D eigenvalue weighted by Crippen LogP contribution is 2.25. The van der Waals surface area contributed by atoms with Crippen molar-refractivity contribution in [2.24, 2.45) is 0 Å². The van der Waals surface area contributed by atoms with E-state index in [2.05, 4.69) is 18.7 Å². The minimum atomic E-state index is -0.481. The van der Waals surface area contributed by atoms with Gasteiger partial charge in [0.15, 0.2) is 6.04 Å². The first-order chi connectivity index (χ1) is 8.83. The zero-order chi connectivity index (χ0) is 14.2. The molecule has 0 aromatic rings. The van der Waals surface area contributed by atoms with Crippen molar-refractivity contribution in [3.05, 3.63) is 0 Å². The molecule has 2 aliphatic heterocycles. The summed E-state index contributed by atoms with van der Waals surface area (Å²) < 4.78 is 0.615. The van der Waals surface area contributed by atoms with E-state index in [1.54, 1.807) is 0 Å². The average molecular weight is 270 g/mol. The molecule has 0 radical (unpaired) electrons. The van der Waals surface area contributed by atoms with Crippen molar-refractivity contribution in [3.8, 4) is 0 Å². The van der Waals surface area contributed by atoms with Crippen LogP contribution in [0.25, 0.3) is 0 Å². The second-order valence-electron chi connectivity index (χ2n) is 6.76. The quantitative estimate of drug-likeness (QED) is 0.704. The summed E-state index contributed by atoms with van der Waals surface area (Å²) in [6, 6.07) is 0.271. The number of quaternary nitrogens is 1. The lowest BCUT2D eigenvalue weighted by Gasteiger charge is -2.40. The van der Waals surface area contributed by atoms with E-state index < -0.39 is 6.10 Å². The van der Waals surface area contributed by atoms with Gasteiger partial charge in [-0.15, -0.1) is 0 Å². The number of piperazine rings is 1. The van der Waals surface area contributed by atoms with Crippen molar-refractivity contribution >= 4 is 5.91 Å². The smallest absolute Gasteiger partial charge is 0.283 e. The van der Waals surface area contributed by atoms with Gasteiger partial charge >= 0.3 is 0 Å². The van der Waals surface area contributed by atoms with Crippen molar-refractivity contribution in [3.63, 3.8) is 0 Å². The van der Waals surface area contributed by atoms with Gasteiger partial charge in [0.1, 0.15) is 6.10 Å². The molecule has 5 heteroatoms. The minimum absolute atomic E-state index is 0.137. The molecule has 0 unspecified atom stereocenters. The van der Waals surface area contributed by atoms with E-state index in [0.29, 0.717) is 10.5 Å². The van der Waals surface area contributed by atoms with Gasteiger partial charge in [0.2, 0.25) is 0 Å². The Morgan fingerprint density at radius 3 is 2.21 bits per heavy atom. The molecule has 2 atom stereocenters. The third kappa shape index (κ3) is 2.93. The Balaban J connectivity index is 1.98. The first-order valence-corrected chi connectivity index (χ1v) is 7.36. The Morgan fingerprint density at radius 1 is 1.21 bits per heavy atom. The number of likely N-dealkylation sites (N-methyl/N-ethyl adjacent to an activating group) is 1. The van der Waals surface area contributed by atoms with Crippen LogP contribution in [-0.4, -0.2) is 90.3 Å². The third-order valence-corrected chi connectivity index (χ3v) is 4.73. The third-order valence-electron chi connectivity index (χ3n) is 4.73. The van der Waals surface area contributed by atoms with Gasteiger partial charge < -0.3 is 14.5 Å². The fraction of sp³-hybridized carbons (Fsp3) is 0.929. The van der Waals surface area contributed by atoms with Crippen molar-refractivity contribution in [2.45, 2.75) is 38.5 Å². The lowest BCUT2D eigenvalue weighted by molar-refractivity contribution is -0.895. The number of amides is 1. The Morgan fingerprint density at radius 2 is 1.79 bits per heavy atom. The van der Waals surface area contributed by atoms with Crippen LogP contribution < -0.4 is 0 Å². The minimum Gasteiger partial charge on any atom is -0.386 e. The predicted octanol–water partition coefficient (Wildman–Crippen LogP) is -0.251. The Bertz CT molecular complexity index is 336. The van der Waals surface area contributed by atoms with Crippen LogP contribution in [0.5, 0.6) is 0 Å². The maximum absolute atomic E-state index is 12.6. The monoisotopic (exact) mass is 270 g/mol. The number of likely N-dealkylation sites (tertiary alicyclic amines) is 1. The van der Waals surface area contributed by atoms with Crippen LogP contribution in [0, 0.1) is 0 Å². The molecule has 2 fully saturated rings. The topological polar surface area (TPSA) is 43.8 Å². The Hall–Kier alpha value is -0.650. The summed E-state index contributed by atoms with van der Waals surface area (Å²) in [5, 5.41) is 10.1. The maximum atomic E-state index is 12.6. The molecule has 5 nitrogen and oxygen atoms in total. The van der Waals surface area contributed by atoms with Crippen LogP contribution in [0.2, 0.25) is 0 Å². The van der Waals surface area contributed by atoms with Crippen molar-refractivity contribution in [1.82, 2.24) is 9.80 Å². The van der Waals surface area contributed by atoms with Crippen LogP contribution in [0.3, 0.4) is 0 Å². The van der Waals surface area contributed by atoms with E-state index in [-0.39, 0.29) is 11.9 Å². The molecular weight excluding hydrogens is 242 g/mol. The van der Waals surface area contributed by atoms with Gasteiger partial charge in [0.05, 0.1) is 20.6 Å². The number of rotatable bonds is 2. The molecule has 2 saturated heterocycles. The lowest BCUT2D eigenvalue weighted by Crippen LogP contribution is -2.60. The number of hydrogen-bond donors (Lipinski definition) is 1. The number of carbonyl (C=O) groups excluding carboxylic acids is 1. The van der Waals surface area contributed by atoms with Crippen LogP contribution in [-0.2, 0) is 4.79 Å². The molecule has 0 saturated carbocycles. The molecule has 2 rings (SSSR count). The normalized spacial score (nSPS) is 32.0. The predicted molar refractivity (Wildman–Crippen MR) is 74.7 cm³/mol. The summed E-state index contributed by atoms with van der Waals surface area (Å²) in [4.78, 5) is 17.0. The standard InChI is InChI=1S/C14H28N3O2/c1-11(2)15-6-8-16(9-7-15)14(19)13-12(18)5-10-17(13,3)4/h11-13,18H,5-10H2,1-4H3/q+1/t12-,13-/m0/s1. The molecule has 0 aromatic carbocycles. The zero-order valence-electron chi connectivity index (χ0n) is 12.7. The van der Waals surface area contributed by atoms with Gasteiger partial charge in [-0.05, 0) is 13.8 Å². The molecule has 110 valence electrons. The van der Waals surface area contributed by atoms with E-state index >= 15 is 0 Å². The second kappa shape index (κ2) is 5.38. The summed E-state index contributed by atoms with van der Waals surface area (Å²) >= 11 is 0. The molecule has 0 bridgehead atoms. The summed E-state index contributed by atoms with van der Waals surface area (Å²) in [5.41, 5.74) is 0. The van der Waals surface area contributed by atoms with Crippen LogP contribution >= 0.6 is 0 Å². The average Bonchev–Trinajstić information content (AvgIpc) is 2.63. The zero-order valence-corrected chi connectivity index (χ0v) is 12.7. The second-order valence-corrected chi connectivity index (χ2v) is 6.76. The fourth-order valence-corrected chi connectivity index (χ4v) is 3.34. The number of nitrogens with zero attached hydrogens (tertiary/aromatic N) is 3. The molecule has 0 aliphatic carbocycles. The van der Waals surface area contributed by atoms with Gasteiger partial charge in [0.25, 0.3) is 5.91 Å². The fourth-order valence-electron chi connectivity index (χ4n) is 3.34. The molecule has 1 amide bonds. The lowest BCUT2D eigenvalue weighted by atomic mass is 10.1. The molecule has 19 heavy (non-hydrogen) atoms. The van der Waals surface area contributed by atoms with Gasteiger partial charge in [-0.1, -0.05) is 0 Å². The summed E-state index contributed by atoms with van der Waals surface area (Å²) in [6.45, 7) is 8.74. The maximum Gasteiger partial charge on any atom is 0.283 e. The van der Waals surface area contributed by atoms with Gasteiger partial charge in [-0.2, -0.15) is 0 Å². The molecular formula is C14H28N3O2+. The van der Waals surface area contributed by atoms with E-state index in [1.165, 1.54) is 0 Å². The first kappa shape index (κ1) is 14.8. The molecule has 2 aliphatic rings. The largest absolute Gasteiger partial charge is 0.386 e. The number of aliphatic hydroxyl groups is 1. The van der Waals surface area contributed by atoms with E-state index in [9.17, 15) is 9.90 Å². The van der Waals surface area contributed by atoms with Gasteiger partial charge in [-0.3, -0.25) is 9.69 Å². The summed E-state index contributed by atoms with van der Waals surface area (Å²) in [5.74, 6) is 0.137. The number of hydrogen-bond acceptors (Lipinski definition) is 3. The molecule has 2 heterocycles. The molecule has 0 spiro atoms. The van der Waals surface area contributed by atoms with E-state index in [4.69, 9.17) is 0 Å². The van der Waals surface area contributed by atoms with Crippen molar-refractivity contribution in [1.29, 1.82) is 0 Å². The van der Waals surface area contributed by atoms with Crippen LogP contribution in [0.4, 0.5) is 0 Å². The number of aliphatic hydroxyl groups excluding tert-OH is 1. The van der Waals surface area contributed by atoms with E-state index in [0.717, 1.165) is 39.1 Å². The van der Waals surface area contributed by atoms with Gasteiger partial charge in [0, 0.05) is 38.6 Å². The highest BCUT2D eigenvalue weighted by atomic mass is 16.3. The van der Waals surface area contributed by atoms with E-state index in [1.807, 2.05) is 19.0 Å². The molecule has 1 N–H and O–H groups in total. The van der Waals surface area contributed by atoms with Crippen molar-refractivity contribution in [2.75, 3.05) is 46.8 Å². The first-order valence-electron chi connectivity index (χ1n) is 7.36. The Labute approximate surface area is 116 Å². The summed E-state index contributed by atoms with van der Waals surface area (Å²) in [7, 11) is 4.09. The SMILES string of the molecule is CC(C)N1CCN(C(=O)[C@@H]2[C@@H](O)CC[N+]2(C)C)CC1. The van der Waals surface area contributed by atoms with Crippen molar-refractivity contribution < 1.29 is 14.4 Å². The highest BCUT2D eigenvalue weighted by Gasteiger charge is 2.48. The van der Waals surface area contributed by atoms with Gasteiger partial charge in [-0.25, -0.2) is 0 Å². The highest BCUT2D eigenvalue weighted by molar-refractivity contribution is 5.81.